The van der Waals surface area contributed by atoms with E-state index in [0.29, 0.717) is 18.3 Å². The van der Waals surface area contributed by atoms with Crippen molar-refractivity contribution in [2.75, 3.05) is 13.2 Å². The second-order valence-corrected chi connectivity index (χ2v) is 6.35. The van der Waals surface area contributed by atoms with E-state index < -0.39 is 11.0 Å². The molecular weight excluding hydrogens is 296 g/mol. The molecule has 0 bridgehead atoms. The van der Waals surface area contributed by atoms with E-state index >= 15 is 0 Å². The fourth-order valence-electron chi connectivity index (χ4n) is 2.21. The highest BCUT2D eigenvalue weighted by Crippen LogP contribution is 2.19. The molecular formula is C17H28N2O4. The van der Waals surface area contributed by atoms with Crippen molar-refractivity contribution in [2.45, 2.75) is 52.2 Å². The first kappa shape index (κ1) is 19.4. The molecule has 0 aliphatic rings. The quantitative estimate of drug-likeness (QED) is 0.482. The summed E-state index contributed by atoms with van der Waals surface area (Å²) >= 11 is 0. The third-order valence-corrected chi connectivity index (χ3v) is 3.59. The van der Waals surface area contributed by atoms with Gasteiger partial charge in [0.25, 0.3) is 5.69 Å². The zero-order chi connectivity index (χ0) is 17.2. The van der Waals surface area contributed by atoms with Crippen molar-refractivity contribution in [1.29, 1.82) is 0 Å². The Bertz CT molecular complexity index is 479. The number of nitro groups is 1. The number of benzene rings is 1. The predicted octanol–water partition coefficient (Wildman–Crippen LogP) is 3.14. The maximum atomic E-state index is 10.7. The molecule has 0 aliphatic carbocycles. The summed E-state index contributed by atoms with van der Waals surface area (Å²) in [4.78, 5) is 10.2. The molecule has 6 nitrogen and oxygen atoms in total. The molecule has 2 N–H and O–H groups in total. The lowest BCUT2D eigenvalue weighted by Gasteiger charge is -2.18. The normalized spacial score (nSPS) is 13.8. The Labute approximate surface area is 138 Å². The van der Waals surface area contributed by atoms with Gasteiger partial charge in [0.05, 0.1) is 11.0 Å². The average Bonchev–Trinajstić information content (AvgIpc) is 2.50. The summed E-state index contributed by atoms with van der Waals surface area (Å²) in [7, 11) is 0. The molecule has 2 atom stereocenters. The summed E-state index contributed by atoms with van der Waals surface area (Å²) in [6, 6.07) is 6.32. The summed E-state index contributed by atoms with van der Waals surface area (Å²) in [6.45, 7) is 7.08. The van der Waals surface area contributed by atoms with Crippen LogP contribution < -0.4 is 10.1 Å². The highest BCUT2D eigenvalue weighted by Gasteiger charge is 2.10. The Hall–Kier alpha value is -1.66. The van der Waals surface area contributed by atoms with Gasteiger partial charge in [-0.15, -0.1) is 0 Å². The number of hydrogen-bond acceptors (Lipinski definition) is 5. The number of nitrogens with one attached hydrogen (secondary N) is 1. The van der Waals surface area contributed by atoms with Crippen LogP contribution in [0.25, 0.3) is 0 Å². The van der Waals surface area contributed by atoms with Crippen LogP contribution in [0.4, 0.5) is 5.69 Å². The van der Waals surface area contributed by atoms with Gasteiger partial charge in [0.1, 0.15) is 18.5 Å². The minimum Gasteiger partial charge on any atom is -0.491 e. The van der Waals surface area contributed by atoms with E-state index in [1.54, 1.807) is 12.1 Å². The highest BCUT2D eigenvalue weighted by molar-refractivity contribution is 5.37. The Morgan fingerprint density at radius 1 is 1.30 bits per heavy atom. The number of rotatable bonds is 11. The molecule has 0 saturated heterocycles. The highest BCUT2D eigenvalue weighted by atomic mass is 16.6. The second-order valence-electron chi connectivity index (χ2n) is 6.35. The third-order valence-electron chi connectivity index (χ3n) is 3.59. The van der Waals surface area contributed by atoms with Crippen LogP contribution in [-0.4, -0.2) is 35.3 Å². The molecule has 1 aromatic carbocycles. The van der Waals surface area contributed by atoms with E-state index in [4.69, 9.17) is 4.74 Å². The summed E-state index contributed by atoms with van der Waals surface area (Å²) in [5, 5.41) is 23.9. The van der Waals surface area contributed by atoms with E-state index in [0.717, 1.165) is 12.3 Å². The molecule has 0 fully saturated rings. The van der Waals surface area contributed by atoms with Crippen LogP contribution in [0.2, 0.25) is 0 Å². The fraction of sp³-hybridized carbons (Fsp3) is 0.647. The monoisotopic (exact) mass is 324 g/mol. The molecule has 0 amide bonds. The van der Waals surface area contributed by atoms with Crippen molar-refractivity contribution < 1.29 is 14.8 Å². The maximum absolute atomic E-state index is 10.7. The van der Waals surface area contributed by atoms with E-state index in [9.17, 15) is 15.2 Å². The van der Waals surface area contributed by atoms with Gasteiger partial charge in [0.15, 0.2) is 0 Å². The topological polar surface area (TPSA) is 84.6 Å². The SMILES string of the molecule is CC(C)CCC[C@H](C)NC[C@@H](O)COc1cccc([N+](=O)[O-])c1. The average molecular weight is 324 g/mol. The molecule has 130 valence electrons. The van der Waals surface area contributed by atoms with Gasteiger partial charge in [0.2, 0.25) is 0 Å². The van der Waals surface area contributed by atoms with Gasteiger partial charge >= 0.3 is 0 Å². The van der Waals surface area contributed by atoms with Crippen molar-refractivity contribution in [3.63, 3.8) is 0 Å². The summed E-state index contributed by atoms with van der Waals surface area (Å²) in [6.07, 6.45) is 2.81. The van der Waals surface area contributed by atoms with Crippen LogP contribution in [0.15, 0.2) is 24.3 Å². The number of aliphatic hydroxyl groups excluding tert-OH is 1. The van der Waals surface area contributed by atoms with Crippen molar-refractivity contribution in [1.82, 2.24) is 5.32 Å². The van der Waals surface area contributed by atoms with Crippen molar-refractivity contribution in [3.8, 4) is 5.75 Å². The van der Waals surface area contributed by atoms with E-state index in [2.05, 4.69) is 26.1 Å². The van der Waals surface area contributed by atoms with Crippen LogP contribution in [-0.2, 0) is 0 Å². The number of ether oxygens (including phenoxy) is 1. The van der Waals surface area contributed by atoms with Gasteiger partial charge in [-0.25, -0.2) is 0 Å². The number of hydrogen-bond donors (Lipinski definition) is 2. The number of nitro benzene ring substituents is 1. The number of nitrogens with zero attached hydrogens (tertiary/aromatic N) is 1. The molecule has 1 rings (SSSR count). The lowest BCUT2D eigenvalue weighted by atomic mass is 10.0. The van der Waals surface area contributed by atoms with Gasteiger partial charge in [-0.2, -0.15) is 0 Å². The van der Waals surface area contributed by atoms with Crippen LogP contribution in [0.1, 0.15) is 40.0 Å². The first-order valence-corrected chi connectivity index (χ1v) is 8.17. The van der Waals surface area contributed by atoms with Gasteiger partial charge < -0.3 is 15.2 Å². The maximum Gasteiger partial charge on any atom is 0.273 e. The minimum absolute atomic E-state index is 0.0195. The fourth-order valence-corrected chi connectivity index (χ4v) is 2.21. The van der Waals surface area contributed by atoms with Gasteiger partial charge in [-0.3, -0.25) is 10.1 Å². The Morgan fingerprint density at radius 2 is 2.04 bits per heavy atom. The molecule has 0 heterocycles. The Morgan fingerprint density at radius 3 is 2.70 bits per heavy atom. The number of non-ortho nitro benzene ring substituents is 1. The van der Waals surface area contributed by atoms with Crippen molar-refractivity contribution >= 4 is 5.69 Å². The first-order valence-electron chi connectivity index (χ1n) is 8.17. The summed E-state index contributed by atoms with van der Waals surface area (Å²) in [5.74, 6) is 1.11. The lowest BCUT2D eigenvalue weighted by molar-refractivity contribution is -0.384. The van der Waals surface area contributed by atoms with Gasteiger partial charge in [-0.1, -0.05) is 32.8 Å². The molecule has 6 heteroatoms. The molecule has 0 spiro atoms. The van der Waals surface area contributed by atoms with E-state index in [1.165, 1.54) is 25.0 Å². The second kappa shape index (κ2) is 10.2. The number of aliphatic hydroxyl groups is 1. The largest absolute Gasteiger partial charge is 0.491 e. The van der Waals surface area contributed by atoms with Crippen LogP contribution in [0.5, 0.6) is 5.75 Å². The molecule has 0 radical (unpaired) electrons. The lowest BCUT2D eigenvalue weighted by Crippen LogP contribution is -2.36. The smallest absolute Gasteiger partial charge is 0.273 e. The molecule has 1 aromatic rings. The zero-order valence-corrected chi connectivity index (χ0v) is 14.2. The molecule has 0 aliphatic heterocycles. The van der Waals surface area contributed by atoms with E-state index in [1.807, 2.05) is 0 Å². The molecule has 0 saturated carbocycles. The van der Waals surface area contributed by atoms with Crippen molar-refractivity contribution in [2.24, 2.45) is 5.92 Å². The first-order chi connectivity index (χ1) is 10.9. The zero-order valence-electron chi connectivity index (χ0n) is 14.2. The van der Waals surface area contributed by atoms with E-state index in [-0.39, 0.29) is 12.3 Å². The van der Waals surface area contributed by atoms with Crippen LogP contribution in [0, 0.1) is 16.0 Å². The standard InChI is InChI=1S/C17H28N2O4/c1-13(2)6-4-7-14(3)18-11-16(20)12-23-17-9-5-8-15(10-17)19(21)22/h5,8-10,13-14,16,18,20H,4,6-7,11-12H2,1-3H3/t14-,16+/m0/s1. The Kier molecular flexibility index (Phi) is 8.58. The van der Waals surface area contributed by atoms with Crippen LogP contribution in [0.3, 0.4) is 0 Å². The summed E-state index contributed by atoms with van der Waals surface area (Å²) < 4.78 is 5.41. The third kappa shape index (κ3) is 8.52. The molecule has 0 aromatic heterocycles. The van der Waals surface area contributed by atoms with Gasteiger partial charge in [-0.05, 0) is 25.3 Å². The van der Waals surface area contributed by atoms with Crippen molar-refractivity contribution in [3.05, 3.63) is 34.4 Å². The van der Waals surface area contributed by atoms with Crippen LogP contribution >= 0.6 is 0 Å². The molecule has 23 heavy (non-hydrogen) atoms. The summed E-state index contributed by atoms with van der Waals surface area (Å²) in [5.41, 5.74) is -0.0195. The molecule has 0 unspecified atom stereocenters. The Balaban J connectivity index is 2.25. The van der Waals surface area contributed by atoms with Gasteiger partial charge in [0, 0.05) is 18.7 Å². The predicted molar refractivity (Wildman–Crippen MR) is 90.8 cm³/mol. The minimum atomic E-state index is -0.651.